The number of carboxylic acids is 1. The highest BCUT2D eigenvalue weighted by molar-refractivity contribution is 9.10. The van der Waals surface area contributed by atoms with Gasteiger partial charge >= 0.3 is 5.97 Å². The molecule has 0 saturated heterocycles. The molecule has 9 heteroatoms. The number of fused-ring (bicyclic) bond motifs is 3. The number of carbonyl (C=O) groups is 1. The molecule has 0 amide bonds. The standard InChI is InChI=1S/C25H20Br2N2O5/c1-32-21-10-8-16(22(25(30)31)23(21)33-2)24-29-19(17-11-15(27)7-9-20(17)34-24)12-18(28-29)13-3-5-14(26)6-4-13/h3-11,19,24H,12H2,1-2H3,(H,30,31)/t19-,24-/m0/s1. The average molecular weight is 588 g/mol. The van der Waals surface area contributed by atoms with Gasteiger partial charge in [-0.3, -0.25) is 0 Å². The first-order valence-electron chi connectivity index (χ1n) is 10.5. The summed E-state index contributed by atoms with van der Waals surface area (Å²) in [6.07, 6.45) is -0.113. The predicted molar refractivity (Wildman–Crippen MR) is 134 cm³/mol. The highest BCUT2D eigenvalue weighted by Gasteiger charge is 2.43. The van der Waals surface area contributed by atoms with E-state index >= 15 is 0 Å². The maximum Gasteiger partial charge on any atom is 0.340 e. The quantitative estimate of drug-likeness (QED) is 0.384. The number of methoxy groups -OCH3 is 2. The maximum absolute atomic E-state index is 12.4. The number of nitrogens with zero attached hydrogens (tertiary/aromatic N) is 2. The van der Waals surface area contributed by atoms with Gasteiger partial charge in [-0.15, -0.1) is 0 Å². The fraction of sp³-hybridized carbons (Fsp3) is 0.200. The van der Waals surface area contributed by atoms with Crippen molar-refractivity contribution >= 4 is 43.5 Å². The molecule has 2 aliphatic rings. The Kier molecular flexibility index (Phi) is 5.99. The molecule has 0 aliphatic carbocycles. The molecule has 0 unspecified atom stereocenters. The monoisotopic (exact) mass is 586 g/mol. The Morgan fingerprint density at radius 2 is 1.76 bits per heavy atom. The summed E-state index contributed by atoms with van der Waals surface area (Å²) in [4.78, 5) is 12.4. The molecule has 34 heavy (non-hydrogen) atoms. The van der Waals surface area contributed by atoms with Crippen LogP contribution in [0, 0.1) is 0 Å². The van der Waals surface area contributed by atoms with Crippen molar-refractivity contribution in [2.75, 3.05) is 14.2 Å². The molecule has 174 valence electrons. The van der Waals surface area contributed by atoms with Gasteiger partial charge in [0.2, 0.25) is 6.23 Å². The molecule has 2 atom stereocenters. The molecular formula is C25H20Br2N2O5. The molecule has 3 aromatic carbocycles. The van der Waals surface area contributed by atoms with Crippen molar-refractivity contribution in [2.45, 2.75) is 18.7 Å². The van der Waals surface area contributed by atoms with Crippen LogP contribution in [0.25, 0.3) is 0 Å². The van der Waals surface area contributed by atoms with Crippen LogP contribution in [0.2, 0.25) is 0 Å². The molecule has 7 nitrogen and oxygen atoms in total. The zero-order chi connectivity index (χ0) is 24.0. The van der Waals surface area contributed by atoms with Gasteiger partial charge in [-0.05, 0) is 48.0 Å². The Labute approximate surface area is 213 Å². The topological polar surface area (TPSA) is 80.6 Å². The Morgan fingerprint density at radius 1 is 1.03 bits per heavy atom. The van der Waals surface area contributed by atoms with Gasteiger partial charge in [0.1, 0.15) is 11.3 Å². The summed E-state index contributed by atoms with van der Waals surface area (Å²) in [6.45, 7) is 0. The molecule has 5 rings (SSSR count). The molecule has 0 fully saturated rings. The van der Waals surface area contributed by atoms with Crippen LogP contribution in [0.1, 0.15) is 45.7 Å². The molecule has 2 heterocycles. The van der Waals surface area contributed by atoms with Crippen molar-refractivity contribution in [3.8, 4) is 17.2 Å². The van der Waals surface area contributed by atoms with Gasteiger partial charge in [0.05, 0.1) is 26.0 Å². The minimum absolute atomic E-state index is 0.0153. The molecule has 1 N–H and O–H groups in total. The second-order valence-corrected chi connectivity index (χ2v) is 9.71. The number of hydrogen-bond acceptors (Lipinski definition) is 6. The van der Waals surface area contributed by atoms with Gasteiger partial charge in [0, 0.05) is 26.5 Å². The van der Waals surface area contributed by atoms with Crippen molar-refractivity contribution in [3.05, 3.63) is 85.8 Å². The summed E-state index contributed by atoms with van der Waals surface area (Å²) in [5.74, 6) is 0.0306. The van der Waals surface area contributed by atoms with E-state index in [2.05, 4.69) is 31.9 Å². The van der Waals surface area contributed by atoms with Gasteiger partial charge in [-0.25, -0.2) is 9.80 Å². The lowest BCUT2D eigenvalue weighted by atomic mass is 9.95. The Morgan fingerprint density at radius 3 is 2.44 bits per heavy atom. The van der Waals surface area contributed by atoms with Crippen LogP contribution in [-0.2, 0) is 0 Å². The second-order valence-electron chi connectivity index (χ2n) is 7.88. The lowest BCUT2D eigenvalue weighted by molar-refractivity contribution is -0.0199. The minimum Gasteiger partial charge on any atom is -0.493 e. The van der Waals surface area contributed by atoms with E-state index in [0.717, 1.165) is 25.8 Å². The molecular weight excluding hydrogens is 568 g/mol. The van der Waals surface area contributed by atoms with E-state index in [4.69, 9.17) is 19.3 Å². The SMILES string of the molecule is COc1ccc([C@@H]2Oc3ccc(Br)cc3[C@@H]3CC(c4ccc(Br)cc4)=NN32)c(C(=O)O)c1OC. The van der Waals surface area contributed by atoms with Crippen LogP contribution in [-0.4, -0.2) is 36.0 Å². The third-order valence-corrected chi connectivity index (χ3v) is 7.01. The minimum atomic E-state index is -1.14. The number of rotatable bonds is 5. The van der Waals surface area contributed by atoms with Crippen molar-refractivity contribution < 1.29 is 24.1 Å². The first-order valence-corrected chi connectivity index (χ1v) is 12.1. The number of benzene rings is 3. The highest BCUT2D eigenvalue weighted by atomic mass is 79.9. The summed E-state index contributed by atoms with van der Waals surface area (Å²) < 4.78 is 19.1. The fourth-order valence-electron chi connectivity index (χ4n) is 4.45. The third kappa shape index (κ3) is 3.82. The van der Waals surface area contributed by atoms with Crippen molar-refractivity contribution in [3.63, 3.8) is 0 Å². The third-order valence-electron chi connectivity index (χ3n) is 5.99. The Bertz CT molecular complexity index is 1310. The van der Waals surface area contributed by atoms with E-state index in [0.29, 0.717) is 23.5 Å². The van der Waals surface area contributed by atoms with Gasteiger partial charge in [0.25, 0.3) is 0 Å². The van der Waals surface area contributed by atoms with E-state index in [1.165, 1.54) is 14.2 Å². The first kappa shape index (κ1) is 22.7. The van der Waals surface area contributed by atoms with E-state index in [-0.39, 0.29) is 17.4 Å². The summed E-state index contributed by atoms with van der Waals surface area (Å²) in [5.41, 5.74) is 3.30. The van der Waals surface area contributed by atoms with Crippen molar-refractivity contribution in [2.24, 2.45) is 5.10 Å². The van der Waals surface area contributed by atoms with Crippen LogP contribution in [0.3, 0.4) is 0 Å². The van der Waals surface area contributed by atoms with E-state index in [9.17, 15) is 9.90 Å². The lowest BCUT2D eigenvalue weighted by Gasteiger charge is -2.38. The van der Waals surface area contributed by atoms with Gasteiger partial charge < -0.3 is 19.3 Å². The van der Waals surface area contributed by atoms with Crippen molar-refractivity contribution in [1.29, 1.82) is 0 Å². The summed E-state index contributed by atoms with van der Waals surface area (Å²) in [6, 6.07) is 17.1. The van der Waals surface area contributed by atoms with Gasteiger partial charge in [0.15, 0.2) is 11.5 Å². The predicted octanol–water partition coefficient (Wildman–Crippen LogP) is 6.17. The summed E-state index contributed by atoms with van der Waals surface area (Å²) in [5, 5.41) is 16.9. The summed E-state index contributed by atoms with van der Waals surface area (Å²) in [7, 11) is 2.89. The van der Waals surface area contributed by atoms with Crippen LogP contribution >= 0.6 is 31.9 Å². The fourth-order valence-corrected chi connectivity index (χ4v) is 5.09. The average Bonchev–Trinajstić information content (AvgIpc) is 3.29. The molecule has 0 bridgehead atoms. The molecule has 0 saturated carbocycles. The number of hydrogen-bond donors (Lipinski definition) is 1. The van der Waals surface area contributed by atoms with Crippen LogP contribution < -0.4 is 14.2 Å². The van der Waals surface area contributed by atoms with Gasteiger partial charge in [-0.1, -0.05) is 44.0 Å². The number of halogens is 2. The van der Waals surface area contributed by atoms with Crippen LogP contribution in [0.15, 0.2) is 68.6 Å². The molecule has 2 aliphatic heterocycles. The molecule has 3 aromatic rings. The van der Waals surface area contributed by atoms with Crippen molar-refractivity contribution in [1.82, 2.24) is 5.01 Å². The second kappa shape index (κ2) is 8.96. The number of ether oxygens (including phenoxy) is 3. The Hall–Kier alpha value is -3.04. The van der Waals surface area contributed by atoms with E-state index < -0.39 is 12.2 Å². The normalized spacial score (nSPS) is 18.5. The van der Waals surface area contributed by atoms with Crippen LogP contribution in [0.4, 0.5) is 0 Å². The highest BCUT2D eigenvalue weighted by Crippen LogP contribution is 2.50. The number of aromatic carboxylic acids is 1. The molecule has 0 spiro atoms. The lowest BCUT2D eigenvalue weighted by Crippen LogP contribution is -2.34. The maximum atomic E-state index is 12.4. The Balaban J connectivity index is 1.67. The zero-order valence-corrected chi connectivity index (χ0v) is 21.5. The number of carboxylic acid groups (broad SMARTS) is 1. The smallest absolute Gasteiger partial charge is 0.340 e. The molecule has 0 radical (unpaired) electrons. The number of hydrazone groups is 1. The van der Waals surface area contributed by atoms with E-state index in [1.807, 2.05) is 47.5 Å². The molecule has 0 aromatic heterocycles. The van der Waals surface area contributed by atoms with Crippen LogP contribution in [0.5, 0.6) is 17.2 Å². The van der Waals surface area contributed by atoms with Gasteiger partial charge in [-0.2, -0.15) is 5.10 Å². The largest absolute Gasteiger partial charge is 0.493 e. The summed E-state index contributed by atoms with van der Waals surface area (Å²) >= 11 is 7.03. The zero-order valence-electron chi connectivity index (χ0n) is 18.3. The van der Waals surface area contributed by atoms with E-state index in [1.54, 1.807) is 12.1 Å². The first-order chi connectivity index (χ1) is 16.4.